The van der Waals surface area contributed by atoms with E-state index in [4.69, 9.17) is 22.6 Å². The van der Waals surface area contributed by atoms with Gasteiger partial charge in [0.25, 0.3) is 0 Å². The predicted octanol–water partition coefficient (Wildman–Crippen LogP) is 4.97. The van der Waals surface area contributed by atoms with Gasteiger partial charge in [-0.05, 0) is 12.8 Å². The maximum atomic E-state index is 12.7. The lowest BCUT2D eigenvalue weighted by atomic mass is 9.97. The van der Waals surface area contributed by atoms with Crippen LogP contribution < -0.4 is 0 Å². The third-order valence-corrected chi connectivity index (χ3v) is 6.31. The summed E-state index contributed by atoms with van der Waals surface area (Å²) in [5.74, 6) is 0. The highest BCUT2D eigenvalue weighted by atomic mass is 31.2. The first-order valence-corrected chi connectivity index (χ1v) is 11.3. The summed E-state index contributed by atoms with van der Waals surface area (Å²) in [5, 5.41) is 0. The minimum absolute atomic E-state index is 0.226. The summed E-state index contributed by atoms with van der Waals surface area (Å²) in [7, 11) is -7.17. The Morgan fingerprint density at radius 1 is 1.04 bits per heavy atom. The second kappa shape index (κ2) is 9.67. The van der Waals surface area contributed by atoms with E-state index < -0.39 is 21.8 Å². The van der Waals surface area contributed by atoms with E-state index in [0.29, 0.717) is 13.2 Å². The second-order valence-corrected chi connectivity index (χ2v) is 10.1. The first-order valence-electron chi connectivity index (χ1n) is 8.16. The normalized spacial score (nSPS) is 20.5. The first kappa shape index (κ1) is 21.3. The molecule has 0 amide bonds. The molecule has 0 atom stereocenters. The minimum Gasteiger partial charge on any atom is -0.307 e. The standard InChI is InChI=1S/C14H30O7P2/c1-5-7-9-17-22(15,18-10-8-6-2)13-21-23(16)19-11-14(3,4)12-20-23/h5-13H2,1-4H3. The van der Waals surface area contributed by atoms with Gasteiger partial charge < -0.3 is 9.05 Å². The van der Waals surface area contributed by atoms with Crippen LogP contribution in [0.5, 0.6) is 0 Å². The molecule has 0 unspecified atom stereocenters. The minimum atomic E-state index is -3.70. The zero-order valence-corrected chi connectivity index (χ0v) is 16.4. The van der Waals surface area contributed by atoms with Crippen LogP contribution >= 0.6 is 15.4 Å². The van der Waals surface area contributed by atoms with Crippen molar-refractivity contribution in [3.63, 3.8) is 0 Å². The molecule has 0 N–H and O–H groups in total. The zero-order valence-electron chi connectivity index (χ0n) is 14.6. The fourth-order valence-corrected chi connectivity index (χ4v) is 5.02. The molecule has 1 rings (SSSR count). The Balaban J connectivity index is 2.55. The molecule has 0 aliphatic carbocycles. The molecular formula is C14H30O7P2. The van der Waals surface area contributed by atoms with E-state index >= 15 is 0 Å². The lowest BCUT2D eigenvalue weighted by Gasteiger charge is -2.33. The summed E-state index contributed by atoms with van der Waals surface area (Å²) in [6, 6.07) is 0. The summed E-state index contributed by atoms with van der Waals surface area (Å²) in [5.41, 5.74) is -0.226. The van der Waals surface area contributed by atoms with E-state index in [0.717, 1.165) is 25.7 Å². The quantitative estimate of drug-likeness (QED) is 0.374. The van der Waals surface area contributed by atoms with Crippen LogP contribution in [0.4, 0.5) is 0 Å². The molecule has 0 saturated carbocycles. The number of hydrogen-bond acceptors (Lipinski definition) is 7. The van der Waals surface area contributed by atoms with Crippen molar-refractivity contribution in [1.82, 2.24) is 0 Å². The average molecular weight is 372 g/mol. The van der Waals surface area contributed by atoms with Crippen molar-refractivity contribution in [1.29, 1.82) is 0 Å². The molecular weight excluding hydrogens is 342 g/mol. The number of unbranched alkanes of at least 4 members (excludes halogenated alkanes) is 2. The molecule has 0 spiro atoms. The predicted molar refractivity (Wildman–Crippen MR) is 88.6 cm³/mol. The van der Waals surface area contributed by atoms with Crippen molar-refractivity contribution in [2.45, 2.75) is 53.4 Å². The van der Waals surface area contributed by atoms with Crippen molar-refractivity contribution in [2.24, 2.45) is 5.41 Å². The maximum Gasteiger partial charge on any atom is 0.475 e. The van der Waals surface area contributed by atoms with Crippen LogP contribution in [0.15, 0.2) is 0 Å². The Kier molecular flexibility index (Phi) is 8.95. The fourth-order valence-electron chi connectivity index (χ4n) is 1.61. The Morgan fingerprint density at radius 3 is 1.96 bits per heavy atom. The molecule has 1 heterocycles. The van der Waals surface area contributed by atoms with Gasteiger partial charge in [-0.15, -0.1) is 0 Å². The molecule has 0 radical (unpaired) electrons. The lowest BCUT2D eigenvalue weighted by molar-refractivity contribution is 0.00375. The van der Waals surface area contributed by atoms with E-state index in [2.05, 4.69) is 0 Å². The van der Waals surface area contributed by atoms with Crippen LogP contribution in [-0.2, 0) is 31.7 Å². The molecule has 1 saturated heterocycles. The second-order valence-electron chi connectivity index (χ2n) is 6.40. The largest absolute Gasteiger partial charge is 0.475 e. The van der Waals surface area contributed by atoms with Gasteiger partial charge in [-0.1, -0.05) is 40.5 Å². The van der Waals surface area contributed by atoms with Gasteiger partial charge in [0.15, 0.2) is 6.35 Å². The van der Waals surface area contributed by atoms with Gasteiger partial charge in [0.2, 0.25) is 0 Å². The van der Waals surface area contributed by atoms with Crippen LogP contribution in [0.2, 0.25) is 0 Å². The molecule has 9 heteroatoms. The van der Waals surface area contributed by atoms with Gasteiger partial charge in [0.05, 0.1) is 26.4 Å². The SMILES string of the molecule is CCCCOP(=O)(COP1(=O)OCC(C)(C)CO1)OCCCC. The first-order chi connectivity index (χ1) is 10.7. The Morgan fingerprint density at radius 2 is 1.52 bits per heavy atom. The summed E-state index contributed by atoms with van der Waals surface area (Å²) in [6.07, 6.45) is 2.92. The van der Waals surface area contributed by atoms with Crippen molar-refractivity contribution < 1.29 is 31.7 Å². The molecule has 1 aliphatic rings. The van der Waals surface area contributed by atoms with Crippen LogP contribution in [0, 0.1) is 5.41 Å². The average Bonchev–Trinajstić information content (AvgIpc) is 2.50. The van der Waals surface area contributed by atoms with Crippen molar-refractivity contribution in [2.75, 3.05) is 32.8 Å². The molecule has 0 aromatic carbocycles. The molecule has 0 aromatic heterocycles. The Hall–Kier alpha value is 0.260. The van der Waals surface area contributed by atoms with Crippen LogP contribution in [0.25, 0.3) is 0 Å². The third-order valence-electron chi connectivity index (χ3n) is 3.17. The maximum absolute atomic E-state index is 12.7. The summed E-state index contributed by atoms with van der Waals surface area (Å²) in [4.78, 5) is 0. The van der Waals surface area contributed by atoms with Gasteiger partial charge in [-0.3, -0.25) is 18.1 Å². The molecule has 7 nitrogen and oxygen atoms in total. The Labute approximate surface area is 139 Å². The molecule has 1 aliphatic heterocycles. The highest BCUT2D eigenvalue weighted by Crippen LogP contribution is 2.59. The monoisotopic (exact) mass is 372 g/mol. The number of phosphoric ester groups is 1. The van der Waals surface area contributed by atoms with Crippen molar-refractivity contribution in [3.8, 4) is 0 Å². The highest BCUT2D eigenvalue weighted by Gasteiger charge is 2.40. The number of hydrogen-bond donors (Lipinski definition) is 0. The third kappa shape index (κ3) is 8.26. The fraction of sp³-hybridized carbons (Fsp3) is 1.00. The van der Waals surface area contributed by atoms with Gasteiger partial charge in [-0.25, -0.2) is 4.57 Å². The van der Waals surface area contributed by atoms with E-state index in [9.17, 15) is 9.13 Å². The van der Waals surface area contributed by atoms with Crippen molar-refractivity contribution in [3.05, 3.63) is 0 Å². The number of phosphoric acid groups is 1. The summed E-state index contributed by atoms with van der Waals surface area (Å²) in [6.45, 7) is 9.00. The Bertz CT molecular complexity index is 411. The van der Waals surface area contributed by atoms with E-state index in [1.165, 1.54) is 0 Å². The van der Waals surface area contributed by atoms with Crippen LogP contribution in [0.3, 0.4) is 0 Å². The molecule has 138 valence electrons. The molecule has 0 bridgehead atoms. The van der Waals surface area contributed by atoms with E-state index in [1.54, 1.807) is 0 Å². The summed E-state index contributed by atoms with van der Waals surface area (Å²) < 4.78 is 51.3. The van der Waals surface area contributed by atoms with Gasteiger partial charge in [0, 0.05) is 5.41 Å². The highest BCUT2D eigenvalue weighted by molar-refractivity contribution is 7.55. The van der Waals surface area contributed by atoms with Gasteiger partial charge in [0.1, 0.15) is 0 Å². The molecule has 1 fully saturated rings. The van der Waals surface area contributed by atoms with Crippen LogP contribution in [0.1, 0.15) is 53.4 Å². The lowest BCUT2D eigenvalue weighted by Crippen LogP contribution is -2.30. The topological polar surface area (TPSA) is 80.3 Å². The van der Waals surface area contributed by atoms with Gasteiger partial charge in [-0.2, -0.15) is 0 Å². The van der Waals surface area contributed by atoms with E-state index in [1.807, 2.05) is 27.7 Å². The van der Waals surface area contributed by atoms with Gasteiger partial charge >= 0.3 is 15.4 Å². The van der Waals surface area contributed by atoms with E-state index in [-0.39, 0.29) is 18.6 Å². The van der Waals surface area contributed by atoms with Crippen molar-refractivity contribution >= 4 is 15.4 Å². The molecule has 0 aromatic rings. The zero-order chi connectivity index (χ0) is 17.4. The van der Waals surface area contributed by atoms with Crippen LogP contribution in [-0.4, -0.2) is 32.8 Å². The molecule has 23 heavy (non-hydrogen) atoms. The number of rotatable bonds is 11. The summed E-state index contributed by atoms with van der Waals surface area (Å²) >= 11 is 0. The smallest absolute Gasteiger partial charge is 0.307 e.